The summed E-state index contributed by atoms with van der Waals surface area (Å²) >= 11 is 1.31. The molecule has 6 heteroatoms. The fraction of sp³-hybridized carbons (Fsp3) is 0.583. The van der Waals surface area contributed by atoms with Crippen molar-refractivity contribution < 1.29 is 14.3 Å². The number of hydrogen-bond acceptors (Lipinski definition) is 6. The van der Waals surface area contributed by atoms with Gasteiger partial charge < -0.3 is 20.5 Å². The summed E-state index contributed by atoms with van der Waals surface area (Å²) in [5, 5.41) is 4.15. The molecule has 0 aliphatic heterocycles. The van der Waals surface area contributed by atoms with Gasteiger partial charge in [0.1, 0.15) is 4.88 Å². The Morgan fingerprint density at radius 2 is 2.28 bits per heavy atom. The topological polar surface area (TPSA) is 73.6 Å². The van der Waals surface area contributed by atoms with Crippen LogP contribution >= 0.6 is 11.3 Å². The molecule has 3 N–H and O–H groups in total. The zero-order chi connectivity index (χ0) is 13.5. The molecule has 1 unspecified atom stereocenters. The van der Waals surface area contributed by atoms with Crippen LogP contribution in [0, 0.1) is 0 Å². The second-order valence-electron chi connectivity index (χ2n) is 3.82. The summed E-state index contributed by atoms with van der Waals surface area (Å²) in [4.78, 5) is 12.1. The van der Waals surface area contributed by atoms with E-state index < -0.39 is 0 Å². The van der Waals surface area contributed by atoms with Crippen molar-refractivity contribution in [1.82, 2.24) is 0 Å². The van der Waals surface area contributed by atoms with Crippen LogP contribution in [0.1, 0.15) is 29.9 Å². The molecule has 0 aromatic carbocycles. The van der Waals surface area contributed by atoms with Crippen molar-refractivity contribution in [2.45, 2.75) is 26.3 Å². The third kappa shape index (κ3) is 3.89. The monoisotopic (exact) mass is 272 g/mol. The van der Waals surface area contributed by atoms with Gasteiger partial charge in [-0.2, -0.15) is 0 Å². The first-order valence-electron chi connectivity index (χ1n) is 5.94. The standard InChI is InChI=1S/C12H20N2O3S/c1-4-8(7-16-3)14-10-6-9(13)11(18-10)12(15)17-5-2/h6,8,14H,4-5,7,13H2,1-3H3. The first-order valence-corrected chi connectivity index (χ1v) is 6.75. The van der Waals surface area contributed by atoms with Crippen molar-refractivity contribution in [3.05, 3.63) is 10.9 Å². The van der Waals surface area contributed by atoms with Gasteiger partial charge in [-0.3, -0.25) is 0 Å². The van der Waals surface area contributed by atoms with Crippen molar-refractivity contribution in [3.8, 4) is 0 Å². The lowest BCUT2D eigenvalue weighted by Gasteiger charge is -2.15. The quantitative estimate of drug-likeness (QED) is 0.745. The molecule has 1 rings (SSSR count). The maximum atomic E-state index is 11.6. The molecule has 0 aliphatic rings. The number of hydrogen-bond donors (Lipinski definition) is 2. The Hall–Kier alpha value is -1.27. The zero-order valence-electron chi connectivity index (χ0n) is 11.0. The van der Waals surface area contributed by atoms with E-state index in [1.54, 1.807) is 20.1 Å². The van der Waals surface area contributed by atoms with Crippen LogP contribution in [0.4, 0.5) is 10.7 Å². The molecule has 1 atom stereocenters. The van der Waals surface area contributed by atoms with Gasteiger partial charge in [-0.15, -0.1) is 11.3 Å². The molecule has 5 nitrogen and oxygen atoms in total. The molecule has 18 heavy (non-hydrogen) atoms. The van der Waals surface area contributed by atoms with Crippen LogP contribution in [-0.4, -0.2) is 32.3 Å². The third-order valence-corrected chi connectivity index (χ3v) is 3.49. The Morgan fingerprint density at radius 1 is 1.56 bits per heavy atom. The van der Waals surface area contributed by atoms with Gasteiger partial charge in [0, 0.05) is 13.2 Å². The smallest absolute Gasteiger partial charge is 0.350 e. The summed E-state index contributed by atoms with van der Waals surface area (Å²) < 4.78 is 10.0. The molecule has 0 aliphatic carbocycles. The molecule has 0 saturated carbocycles. The van der Waals surface area contributed by atoms with E-state index in [1.807, 2.05) is 0 Å². The van der Waals surface area contributed by atoms with E-state index in [4.69, 9.17) is 15.2 Å². The second kappa shape index (κ2) is 7.23. The lowest BCUT2D eigenvalue weighted by molar-refractivity contribution is 0.0533. The molecule has 0 bridgehead atoms. The van der Waals surface area contributed by atoms with Crippen molar-refractivity contribution in [2.75, 3.05) is 31.4 Å². The predicted molar refractivity (Wildman–Crippen MR) is 74.3 cm³/mol. The predicted octanol–water partition coefficient (Wildman–Crippen LogP) is 2.34. The SMILES string of the molecule is CCOC(=O)c1sc(NC(CC)COC)cc1N. The summed E-state index contributed by atoms with van der Waals surface area (Å²) in [6.07, 6.45) is 0.931. The summed E-state index contributed by atoms with van der Waals surface area (Å²) in [5.41, 5.74) is 6.25. The minimum atomic E-state index is -0.368. The molecule has 1 heterocycles. The second-order valence-corrected chi connectivity index (χ2v) is 4.87. The highest BCUT2D eigenvalue weighted by molar-refractivity contribution is 7.18. The first-order chi connectivity index (χ1) is 8.62. The molecule has 0 spiro atoms. The zero-order valence-corrected chi connectivity index (χ0v) is 11.8. The van der Waals surface area contributed by atoms with Crippen LogP contribution in [0.2, 0.25) is 0 Å². The van der Waals surface area contributed by atoms with Gasteiger partial charge in [-0.1, -0.05) is 6.92 Å². The minimum absolute atomic E-state index is 0.211. The van der Waals surface area contributed by atoms with Gasteiger partial charge in [0.05, 0.1) is 23.9 Å². The molecule has 0 amide bonds. The highest BCUT2D eigenvalue weighted by Crippen LogP contribution is 2.30. The third-order valence-electron chi connectivity index (χ3n) is 2.43. The lowest BCUT2D eigenvalue weighted by atomic mass is 10.2. The minimum Gasteiger partial charge on any atom is -0.462 e. The van der Waals surface area contributed by atoms with Crippen molar-refractivity contribution >= 4 is 28.0 Å². The van der Waals surface area contributed by atoms with Crippen LogP contribution in [0.15, 0.2) is 6.07 Å². The Labute approximate surface area is 111 Å². The normalized spacial score (nSPS) is 12.2. The van der Waals surface area contributed by atoms with E-state index in [9.17, 15) is 4.79 Å². The highest BCUT2D eigenvalue weighted by atomic mass is 32.1. The van der Waals surface area contributed by atoms with E-state index >= 15 is 0 Å². The van der Waals surface area contributed by atoms with Crippen LogP contribution in [0.5, 0.6) is 0 Å². The average Bonchev–Trinajstić information content (AvgIpc) is 2.70. The van der Waals surface area contributed by atoms with Crippen molar-refractivity contribution in [3.63, 3.8) is 0 Å². The molecule has 1 aromatic heterocycles. The fourth-order valence-corrected chi connectivity index (χ4v) is 2.45. The Balaban J connectivity index is 2.74. The molecule has 1 aromatic rings. The number of methoxy groups -OCH3 is 1. The summed E-state index contributed by atoms with van der Waals surface area (Å²) in [6, 6.07) is 1.97. The first kappa shape index (κ1) is 14.8. The lowest BCUT2D eigenvalue weighted by Crippen LogP contribution is -2.23. The fourth-order valence-electron chi connectivity index (χ4n) is 1.50. The number of rotatable bonds is 7. The molecule has 0 radical (unpaired) electrons. The van der Waals surface area contributed by atoms with E-state index in [1.165, 1.54) is 11.3 Å². The largest absolute Gasteiger partial charge is 0.462 e. The number of ether oxygens (including phenoxy) is 2. The van der Waals surface area contributed by atoms with Crippen LogP contribution in [0.25, 0.3) is 0 Å². The summed E-state index contributed by atoms with van der Waals surface area (Å²) in [5.74, 6) is -0.368. The van der Waals surface area contributed by atoms with E-state index in [0.29, 0.717) is 23.8 Å². The summed E-state index contributed by atoms with van der Waals surface area (Å²) in [6.45, 7) is 4.80. The average molecular weight is 272 g/mol. The van der Waals surface area contributed by atoms with Crippen molar-refractivity contribution in [2.24, 2.45) is 0 Å². The molecule has 102 valence electrons. The Morgan fingerprint density at radius 3 is 2.83 bits per heavy atom. The van der Waals surface area contributed by atoms with Crippen LogP contribution in [-0.2, 0) is 9.47 Å². The highest BCUT2D eigenvalue weighted by Gasteiger charge is 2.16. The molecular formula is C12H20N2O3S. The van der Waals surface area contributed by atoms with Gasteiger partial charge in [-0.05, 0) is 19.4 Å². The number of nitrogens with two attached hydrogens (primary N) is 1. The molecule has 0 fully saturated rings. The number of esters is 1. The number of carbonyl (C=O) groups is 1. The summed E-state index contributed by atoms with van der Waals surface area (Å²) in [7, 11) is 1.66. The Bertz CT molecular complexity index is 393. The van der Waals surface area contributed by atoms with Crippen LogP contribution in [0.3, 0.4) is 0 Å². The number of nitrogen functional groups attached to an aromatic ring is 1. The van der Waals surface area contributed by atoms with Gasteiger partial charge in [-0.25, -0.2) is 4.79 Å². The van der Waals surface area contributed by atoms with Gasteiger partial charge in [0.2, 0.25) is 0 Å². The Kier molecular flexibility index (Phi) is 5.94. The van der Waals surface area contributed by atoms with E-state index in [-0.39, 0.29) is 12.0 Å². The van der Waals surface area contributed by atoms with Gasteiger partial charge in [0.15, 0.2) is 0 Å². The van der Waals surface area contributed by atoms with Gasteiger partial charge in [0.25, 0.3) is 0 Å². The molecular weight excluding hydrogens is 252 g/mol. The number of nitrogens with one attached hydrogen (secondary N) is 1. The van der Waals surface area contributed by atoms with E-state index in [0.717, 1.165) is 11.4 Å². The van der Waals surface area contributed by atoms with Crippen molar-refractivity contribution in [1.29, 1.82) is 0 Å². The maximum Gasteiger partial charge on any atom is 0.350 e. The number of carbonyl (C=O) groups excluding carboxylic acids is 1. The number of anilines is 2. The molecule has 0 saturated heterocycles. The van der Waals surface area contributed by atoms with E-state index in [2.05, 4.69) is 12.2 Å². The van der Waals surface area contributed by atoms with Crippen LogP contribution < -0.4 is 11.1 Å². The number of thiophene rings is 1. The maximum absolute atomic E-state index is 11.6. The van der Waals surface area contributed by atoms with Gasteiger partial charge >= 0.3 is 5.97 Å².